The molecule has 0 saturated heterocycles. The highest BCUT2D eigenvalue weighted by Gasteiger charge is 2.31. The summed E-state index contributed by atoms with van der Waals surface area (Å²) >= 11 is 5.88. The highest BCUT2D eigenvalue weighted by atomic mass is 35.5. The molecule has 1 N–H and O–H groups in total. The third-order valence-corrected chi connectivity index (χ3v) is 3.69. The first-order valence-electron chi connectivity index (χ1n) is 6.88. The number of rotatable bonds is 7. The van der Waals surface area contributed by atoms with Crippen LogP contribution in [0.25, 0.3) is 0 Å². The molecule has 1 atom stereocenters. The first kappa shape index (κ1) is 15.9. The van der Waals surface area contributed by atoms with Gasteiger partial charge in [-0.05, 0) is 12.0 Å². The van der Waals surface area contributed by atoms with Crippen LogP contribution in [0.1, 0.15) is 11.1 Å². The van der Waals surface area contributed by atoms with Gasteiger partial charge in [-0.2, -0.15) is 8.78 Å². The van der Waals surface area contributed by atoms with Gasteiger partial charge in [-0.25, -0.2) is 0 Å². The fourth-order valence-corrected chi connectivity index (χ4v) is 2.35. The quantitative estimate of drug-likeness (QED) is 0.755. The zero-order chi connectivity index (χ0) is 15.1. The molecule has 4 heteroatoms. The number of nitrogens with one attached hydrogen (secondary N) is 1. The van der Waals surface area contributed by atoms with E-state index in [4.69, 9.17) is 11.6 Å². The summed E-state index contributed by atoms with van der Waals surface area (Å²) in [5, 5.41) is 2.87. The van der Waals surface area contributed by atoms with Gasteiger partial charge in [-0.3, -0.25) is 0 Å². The minimum atomic E-state index is -2.90. The second kappa shape index (κ2) is 7.53. The molecule has 0 aliphatic heterocycles. The maximum Gasteiger partial charge on any atom is 0.285 e. The van der Waals surface area contributed by atoms with Crippen molar-refractivity contribution in [2.24, 2.45) is 0 Å². The van der Waals surface area contributed by atoms with E-state index in [1.165, 1.54) is 12.1 Å². The SMILES string of the molecule is FC(F)(CNC(CCl)Cc1ccccc1)c1ccccc1. The molecule has 1 nitrogen and oxygen atoms in total. The molecular weight excluding hydrogens is 292 g/mol. The summed E-state index contributed by atoms with van der Waals surface area (Å²) in [6.45, 7) is -0.415. The zero-order valence-corrected chi connectivity index (χ0v) is 12.4. The minimum absolute atomic E-state index is 0.0190. The Labute approximate surface area is 128 Å². The van der Waals surface area contributed by atoms with Crippen LogP contribution in [0.3, 0.4) is 0 Å². The number of benzene rings is 2. The van der Waals surface area contributed by atoms with Gasteiger partial charge in [-0.15, -0.1) is 11.6 Å². The minimum Gasteiger partial charge on any atom is -0.307 e. The normalized spacial score (nSPS) is 13.1. The molecule has 0 spiro atoms. The summed E-state index contributed by atoms with van der Waals surface area (Å²) in [5.74, 6) is -2.61. The highest BCUT2D eigenvalue weighted by molar-refractivity contribution is 6.18. The van der Waals surface area contributed by atoms with Crippen LogP contribution in [0.5, 0.6) is 0 Å². The topological polar surface area (TPSA) is 12.0 Å². The van der Waals surface area contributed by atoms with Crippen molar-refractivity contribution < 1.29 is 8.78 Å². The summed E-state index contributed by atoms with van der Waals surface area (Å²) in [7, 11) is 0. The molecule has 0 aliphatic carbocycles. The van der Waals surface area contributed by atoms with Crippen molar-refractivity contribution in [2.45, 2.75) is 18.4 Å². The Morgan fingerprint density at radius 1 is 0.952 bits per heavy atom. The van der Waals surface area contributed by atoms with Gasteiger partial charge in [0.15, 0.2) is 0 Å². The van der Waals surface area contributed by atoms with Crippen molar-refractivity contribution in [3.63, 3.8) is 0 Å². The summed E-state index contributed by atoms with van der Waals surface area (Å²) < 4.78 is 28.2. The van der Waals surface area contributed by atoms with E-state index in [1.807, 2.05) is 30.3 Å². The third-order valence-electron chi connectivity index (χ3n) is 3.32. The van der Waals surface area contributed by atoms with Crippen LogP contribution in [0.15, 0.2) is 60.7 Å². The van der Waals surface area contributed by atoms with Gasteiger partial charge in [-0.1, -0.05) is 60.7 Å². The number of hydrogen-bond acceptors (Lipinski definition) is 1. The van der Waals surface area contributed by atoms with Crippen molar-refractivity contribution >= 4 is 11.6 Å². The lowest BCUT2D eigenvalue weighted by Gasteiger charge is -2.22. The second-order valence-corrected chi connectivity index (χ2v) is 5.30. The number of halogens is 3. The van der Waals surface area contributed by atoms with E-state index in [2.05, 4.69) is 5.32 Å². The maximum atomic E-state index is 14.1. The van der Waals surface area contributed by atoms with Crippen LogP contribution in [0, 0.1) is 0 Å². The lowest BCUT2D eigenvalue weighted by molar-refractivity contribution is -0.00517. The third kappa shape index (κ3) is 4.80. The fraction of sp³-hybridized carbons (Fsp3) is 0.294. The maximum absolute atomic E-state index is 14.1. The van der Waals surface area contributed by atoms with Crippen LogP contribution >= 0.6 is 11.6 Å². The van der Waals surface area contributed by atoms with Gasteiger partial charge < -0.3 is 5.32 Å². The van der Waals surface area contributed by atoms with Gasteiger partial charge in [0.1, 0.15) is 0 Å². The first-order chi connectivity index (χ1) is 10.1. The van der Waals surface area contributed by atoms with E-state index in [0.29, 0.717) is 12.3 Å². The van der Waals surface area contributed by atoms with Crippen molar-refractivity contribution in [1.82, 2.24) is 5.32 Å². The second-order valence-electron chi connectivity index (χ2n) is 4.99. The van der Waals surface area contributed by atoms with Crippen molar-refractivity contribution in [3.05, 3.63) is 71.8 Å². The summed E-state index contributed by atoms with van der Waals surface area (Å²) in [5.41, 5.74) is 1.10. The summed E-state index contributed by atoms with van der Waals surface area (Å²) in [4.78, 5) is 0. The summed E-state index contributed by atoms with van der Waals surface area (Å²) in [6, 6.07) is 17.4. The lowest BCUT2D eigenvalue weighted by atomic mass is 10.1. The molecule has 0 radical (unpaired) electrons. The molecule has 0 saturated carbocycles. The zero-order valence-electron chi connectivity index (χ0n) is 11.6. The van der Waals surface area contributed by atoms with E-state index < -0.39 is 12.5 Å². The largest absolute Gasteiger partial charge is 0.307 e. The van der Waals surface area contributed by atoms with E-state index in [9.17, 15) is 8.78 Å². The molecule has 0 fully saturated rings. The van der Waals surface area contributed by atoms with Crippen molar-refractivity contribution in [1.29, 1.82) is 0 Å². The fourth-order valence-electron chi connectivity index (χ4n) is 2.14. The molecule has 2 aromatic rings. The molecule has 2 aromatic carbocycles. The van der Waals surface area contributed by atoms with E-state index in [1.54, 1.807) is 18.2 Å². The van der Waals surface area contributed by atoms with Gasteiger partial charge >= 0.3 is 0 Å². The Kier molecular flexibility index (Phi) is 5.71. The number of alkyl halides is 3. The molecule has 0 aromatic heterocycles. The summed E-state index contributed by atoms with van der Waals surface area (Å²) in [6.07, 6.45) is 0.634. The molecule has 2 rings (SSSR count). The molecule has 0 amide bonds. The first-order valence-corrected chi connectivity index (χ1v) is 7.42. The van der Waals surface area contributed by atoms with Crippen LogP contribution in [0.4, 0.5) is 8.78 Å². The molecule has 0 bridgehead atoms. The van der Waals surface area contributed by atoms with E-state index in [0.717, 1.165) is 5.56 Å². The molecule has 1 unspecified atom stereocenters. The Bertz CT molecular complexity index is 531. The molecule has 21 heavy (non-hydrogen) atoms. The van der Waals surface area contributed by atoms with Gasteiger partial charge in [0.25, 0.3) is 5.92 Å². The van der Waals surface area contributed by atoms with Crippen molar-refractivity contribution in [3.8, 4) is 0 Å². The Balaban J connectivity index is 1.94. The van der Waals surface area contributed by atoms with Gasteiger partial charge in [0.05, 0.1) is 6.54 Å². The highest BCUT2D eigenvalue weighted by Crippen LogP contribution is 2.26. The Hall–Kier alpha value is -1.45. The average Bonchev–Trinajstić information content (AvgIpc) is 2.53. The van der Waals surface area contributed by atoms with Gasteiger partial charge in [0, 0.05) is 17.5 Å². The molecule has 0 heterocycles. The molecule has 112 valence electrons. The lowest BCUT2D eigenvalue weighted by Crippen LogP contribution is -2.40. The molecule has 0 aliphatic rings. The van der Waals surface area contributed by atoms with Crippen LogP contribution in [0.2, 0.25) is 0 Å². The smallest absolute Gasteiger partial charge is 0.285 e. The number of hydrogen-bond donors (Lipinski definition) is 1. The molecular formula is C17H18ClF2N. The van der Waals surface area contributed by atoms with E-state index in [-0.39, 0.29) is 11.6 Å². The Morgan fingerprint density at radius 3 is 2.10 bits per heavy atom. The van der Waals surface area contributed by atoms with Crippen LogP contribution < -0.4 is 5.32 Å². The Morgan fingerprint density at radius 2 is 1.52 bits per heavy atom. The monoisotopic (exact) mass is 309 g/mol. The predicted octanol–water partition coefficient (Wildman–Crippen LogP) is 4.22. The van der Waals surface area contributed by atoms with Crippen molar-refractivity contribution in [2.75, 3.05) is 12.4 Å². The predicted molar refractivity (Wildman–Crippen MR) is 83.0 cm³/mol. The standard InChI is InChI=1S/C17H18ClF2N/c18-12-16(11-14-7-3-1-4-8-14)21-13-17(19,20)15-9-5-2-6-10-15/h1-10,16,21H,11-13H2. The van der Waals surface area contributed by atoms with Gasteiger partial charge in [0.2, 0.25) is 0 Å². The van der Waals surface area contributed by atoms with Crippen LogP contribution in [-0.4, -0.2) is 18.5 Å². The van der Waals surface area contributed by atoms with Crippen LogP contribution in [-0.2, 0) is 12.3 Å². The van der Waals surface area contributed by atoms with E-state index >= 15 is 0 Å². The average molecular weight is 310 g/mol.